The summed E-state index contributed by atoms with van der Waals surface area (Å²) >= 11 is 3.38. The Hall–Kier alpha value is -1.33. The number of methoxy groups -OCH3 is 1. The molecule has 1 amide bonds. The molecule has 19 heavy (non-hydrogen) atoms. The van der Waals surface area contributed by atoms with E-state index in [4.69, 9.17) is 9.84 Å². The Labute approximate surface area is 121 Å². The number of amides is 1. The number of rotatable bonds is 7. The van der Waals surface area contributed by atoms with Gasteiger partial charge in [0.1, 0.15) is 5.75 Å². The minimum absolute atomic E-state index is 0.153. The van der Waals surface area contributed by atoms with Gasteiger partial charge in [0.05, 0.1) is 7.11 Å². The average molecular weight is 328 g/mol. The number of hydrogen-bond acceptors (Lipinski definition) is 3. The third kappa shape index (κ3) is 5.89. The van der Waals surface area contributed by atoms with E-state index in [9.17, 15) is 4.79 Å². The van der Waals surface area contributed by atoms with Crippen LogP contribution in [0.1, 0.15) is 18.4 Å². The van der Waals surface area contributed by atoms with Crippen LogP contribution in [0.3, 0.4) is 0 Å². The van der Waals surface area contributed by atoms with E-state index in [1.165, 1.54) is 6.08 Å². The number of carbonyl (C=O) groups excluding carboxylic acids is 1. The minimum Gasteiger partial charge on any atom is -0.496 e. The van der Waals surface area contributed by atoms with Crippen LogP contribution in [-0.2, 0) is 4.79 Å². The molecule has 0 atom stereocenters. The van der Waals surface area contributed by atoms with Crippen LogP contribution in [0.4, 0.5) is 0 Å². The smallest absolute Gasteiger partial charge is 0.244 e. The van der Waals surface area contributed by atoms with Crippen LogP contribution in [0.2, 0.25) is 0 Å². The standard InChI is InChI=1S/C14H18BrNO3/c1-19-13-6-5-12(15)10-11(13)4-7-14(18)16-8-2-3-9-17/h4-7,10,17H,2-3,8-9H2,1H3,(H,16,18)/b7-4+. The Balaban J connectivity index is 2.55. The molecule has 0 spiro atoms. The molecule has 0 unspecified atom stereocenters. The second-order valence-electron chi connectivity index (χ2n) is 3.94. The summed E-state index contributed by atoms with van der Waals surface area (Å²) in [7, 11) is 1.59. The van der Waals surface area contributed by atoms with Crippen LogP contribution in [-0.4, -0.2) is 31.3 Å². The SMILES string of the molecule is COc1ccc(Br)cc1/C=C/C(=O)NCCCCO. The average Bonchev–Trinajstić information content (AvgIpc) is 2.41. The monoisotopic (exact) mass is 327 g/mol. The molecule has 0 heterocycles. The number of hydrogen-bond donors (Lipinski definition) is 2. The molecule has 0 saturated heterocycles. The summed E-state index contributed by atoms with van der Waals surface area (Å²) in [5.74, 6) is 0.562. The molecule has 0 bridgehead atoms. The van der Waals surface area contributed by atoms with Gasteiger partial charge in [-0.2, -0.15) is 0 Å². The Kier molecular flexibility index (Phi) is 7.22. The van der Waals surface area contributed by atoms with Crippen molar-refractivity contribution in [3.63, 3.8) is 0 Å². The van der Waals surface area contributed by atoms with Crippen molar-refractivity contribution in [2.75, 3.05) is 20.3 Å². The topological polar surface area (TPSA) is 58.6 Å². The van der Waals surface area contributed by atoms with Crippen LogP contribution < -0.4 is 10.1 Å². The van der Waals surface area contributed by atoms with Gasteiger partial charge in [-0.15, -0.1) is 0 Å². The van der Waals surface area contributed by atoms with Crippen molar-refractivity contribution in [3.8, 4) is 5.75 Å². The Morgan fingerprint density at radius 3 is 2.95 bits per heavy atom. The van der Waals surface area contributed by atoms with Gasteiger partial charge >= 0.3 is 0 Å². The summed E-state index contributed by atoms with van der Waals surface area (Å²) in [4.78, 5) is 11.6. The first-order chi connectivity index (χ1) is 9.17. The normalized spacial score (nSPS) is 10.7. The summed E-state index contributed by atoms with van der Waals surface area (Å²) in [5, 5.41) is 11.4. The predicted molar refractivity (Wildman–Crippen MR) is 79.1 cm³/mol. The van der Waals surface area contributed by atoms with Crippen LogP contribution in [0, 0.1) is 0 Å². The van der Waals surface area contributed by atoms with E-state index in [-0.39, 0.29) is 12.5 Å². The summed E-state index contributed by atoms with van der Waals surface area (Å²) in [5.41, 5.74) is 0.836. The maximum Gasteiger partial charge on any atom is 0.244 e. The fraction of sp³-hybridized carbons (Fsp3) is 0.357. The Morgan fingerprint density at radius 1 is 1.47 bits per heavy atom. The molecule has 4 nitrogen and oxygen atoms in total. The van der Waals surface area contributed by atoms with E-state index in [1.54, 1.807) is 13.2 Å². The molecule has 0 fully saturated rings. The lowest BCUT2D eigenvalue weighted by Crippen LogP contribution is -2.22. The van der Waals surface area contributed by atoms with Crippen LogP contribution in [0.5, 0.6) is 5.75 Å². The quantitative estimate of drug-likeness (QED) is 0.597. The second-order valence-corrected chi connectivity index (χ2v) is 4.86. The van der Waals surface area contributed by atoms with Crippen LogP contribution >= 0.6 is 15.9 Å². The summed E-state index contributed by atoms with van der Waals surface area (Å²) in [6.45, 7) is 0.723. The van der Waals surface area contributed by atoms with Crippen molar-refractivity contribution in [1.82, 2.24) is 5.32 Å². The molecule has 5 heteroatoms. The Bertz CT molecular complexity index is 446. The number of unbranched alkanes of at least 4 members (excludes halogenated alkanes) is 1. The van der Waals surface area contributed by atoms with Gasteiger partial charge in [0.15, 0.2) is 0 Å². The van der Waals surface area contributed by atoms with Gasteiger partial charge in [0, 0.05) is 29.3 Å². The minimum atomic E-state index is -0.153. The molecule has 0 saturated carbocycles. The largest absolute Gasteiger partial charge is 0.496 e. The third-order valence-electron chi connectivity index (χ3n) is 2.49. The molecular formula is C14H18BrNO3. The Morgan fingerprint density at radius 2 is 2.26 bits per heavy atom. The lowest BCUT2D eigenvalue weighted by molar-refractivity contribution is -0.116. The van der Waals surface area contributed by atoms with Crippen molar-refractivity contribution in [2.45, 2.75) is 12.8 Å². The van der Waals surface area contributed by atoms with Crippen molar-refractivity contribution in [1.29, 1.82) is 0 Å². The van der Waals surface area contributed by atoms with Gasteiger partial charge in [0.2, 0.25) is 5.91 Å². The fourth-order valence-electron chi connectivity index (χ4n) is 1.51. The van der Waals surface area contributed by atoms with Gasteiger partial charge in [-0.1, -0.05) is 15.9 Å². The highest BCUT2D eigenvalue weighted by molar-refractivity contribution is 9.10. The van der Waals surface area contributed by atoms with Gasteiger partial charge in [-0.3, -0.25) is 4.79 Å². The summed E-state index contributed by atoms with van der Waals surface area (Å²) < 4.78 is 6.14. The molecule has 0 aromatic heterocycles. The first-order valence-electron chi connectivity index (χ1n) is 6.07. The number of nitrogens with one attached hydrogen (secondary N) is 1. The molecule has 1 aromatic rings. The first-order valence-corrected chi connectivity index (χ1v) is 6.87. The first kappa shape index (κ1) is 15.7. The highest BCUT2D eigenvalue weighted by Gasteiger charge is 2.01. The maximum absolute atomic E-state index is 11.6. The molecule has 0 aliphatic carbocycles. The van der Waals surface area contributed by atoms with Crippen molar-refractivity contribution in [2.24, 2.45) is 0 Å². The maximum atomic E-state index is 11.6. The third-order valence-corrected chi connectivity index (χ3v) is 2.98. The zero-order chi connectivity index (χ0) is 14.1. The molecule has 0 aliphatic rings. The van der Waals surface area contributed by atoms with Crippen molar-refractivity contribution in [3.05, 3.63) is 34.3 Å². The predicted octanol–water partition coefficient (Wildman–Crippen LogP) is 2.36. The van der Waals surface area contributed by atoms with Gasteiger partial charge in [-0.05, 0) is 37.1 Å². The molecule has 1 aromatic carbocycles. The molecule has 0 aliphatic heterocycles. The highest BCUT2D eigenvalue weighted by atomic mass is 79.9. The van der Waals surface area contributed by atoms with E-state index >= 15 is 0 Å². The number of aliphatic hydroxyl groups excluding tert-OH is 1. The second kappa shape index (κ2) is 8.72. The summed E-state index contributed by atoms with van der Waals surface area (Å²) in [6.07, 6.45) is 4.66. The number of halogens is 1. The fourth-order valence-corrected chi connectivity index (χ4v) is 1.89. The highest BCUT2D eigenvalue weighted by Crippen LogP contribution is 2.23. The van der Waals surface area contributed by atoms with Crippen molar-refractivity contribution < 1.29 is 14.6 Å². The zero-order valence-corrected chi connectivity index (χ0v) is 12.4. The molecule has 2 N–H and O–H groups in total. The lowest BCUT2D eigenvalue weighted by atomic mass is 10.2. The van der Waals surface area contributed by atoms with E-state index in [1.807, 2.05) is 18.2 Å². The molecule has 1 rings (SSSR count). The van der Waals surface area contributed by atoms with Crippen LogP contribution in [0.25, 0.3) is 6.08 Å². The lowest BCUT2D eigenvalue weighted by Gasteiger charge is -2.05. The molecule has 104 valence electrons. The van der Waals surface area contributed by atoms with Crippen molar-refractivity contribution >= 4 is 27.9 Å². The molecule has 0 radical (unpaired) electrons. The molecular weight excluding hydrogens is 310 g/mol. The number of benzene rings is 1. The van der Waals surface area contributed by atoms with E-state index in [2.05, 4.69) is 21.2 Å². The van der Waals surface area contributed by atoms with Gasteiger partial charge in [0.25, 0.3) is 0 Å². The number of aliphatic hydroxyl groups is 1. The van der Waals surface area contributed by atoms with E-state index in [0.29, 0.717) is 18.7 Å². The van der Waals surface area contributed by atoms with Gasteiger partial charge in [-0.25, -0.2) is 0 Å². The number of ether oxygens (including phenoxy) is 1. The van der Waals surface area contributed by atoms with Crippen LogP contribution in [0.15, 0.2) is 28.7 Å². The number of carbonyl (C=O) groups is 1. The van der Waals surface area contributed by atoms with E-state index < -0.39 is 0 Å². The van der Waals surface area contributed by atoms with Gasteiger partial charge < -0.3 is 15.2 Å². The zero-order valence-electron chi connectivity index (χ0n) is 10.9. The van der Waals surface area contributed by atoms with E-state index in [0.717, 1.165) is 16.5 Å². The summed E-state index contributed by atoms with van der Waals surface area (Å²) in [6, 6.07) is 5.60.